The zero-order chi connectivity index (χ0) is 10.7. The van der Waals surface area contributed by atoms with Gasteiger partial charge in [0.25, 0.3) is 0 Å². The number of hydrogen-bond acceptors (Lipinski definition) is 2. The number of hydrogen-bond donors (Lipinski definition) is 1. The number of carbonyl (C=O) groups excluding carboxylic acids is 1. The highest BCUT2D eigenvalue weighted by atomic mass is 79.9. The molecule has 0 amide bonds. The third-order valence-corrected chi connectivity index (χ3v) is 3.92. The maximum atomic E-state index is 11.2. The monoisotopic (exact) mass is 336 g/mol. The number of halogens is 2. The standard InChI is InChI=1S/C10H10Br2OS/c1-6(13)10(12)9-4-8(14)3-2-7(9)5-11/h2-4,10,14H,5H2,1H3. The Bertz CT molecular complexity index is 352. The number of thiol groups is 1. The first-order valence-electron chi connectivity index (χ1n) is 4.08. The molecular weight excluding hydrogens is 328 g/mol. The predicted molar refractivity (Wildman–Crippen MR) is 68.7 cm³/mol. The van der Waals surface area contributed by atoms with Crippen molar-refractivity contribution in [1.29, 1.82) is 0 Å². The number of carbonyl (C=O) groups is 1. The SMILES string of the molecule is CC(=O)C(Br)c1cc(S)ccc1CBr. The van der Waals surface area contributed by atoms with E-state index in [0.717, 1.165) is 21.4 Å². The molecular formula is C10H10Br2OS. The van der Waals surface area contributed by atoms with Gasteiger partial charge in [-0.25, -0.2) is 0 Å². The summed E-state index contributed by atoms with van der Waals surface area (Å²) in [6.07, 6.45) is 0. The molecule has 0 saturated heterocycles. The predicted octanol–water partition coefficient (Wildman–Crippen LogP) is 3.90. The quantitative estimate of drug-likeness (QED) is 0.654. The van der Waals surface area contributed by atoms with E-state index in [1.807, 2.05) is 18.2 Å². The van der Waals surface area contributed by atoms with Gasteiger partial charge >= 0.3 is 0 Å². The van der Waals surface area contributed by atoms with Gasteiger partial charge in [0, 0.05) is 10.2 Å². The maximum absolute atomic E-state index is 11.2. The van der Waals surface area contributed by atoms with E-state index in [4.69, 9.17) is 0 Å². The minimum Gasteiger partial charge on any atom is -0.298 e. The minimum atomic E-state index is -0.234. The number of ketones is 1. The van der Waals surface area contributed by atoms with Crippen LogP contribution in [0.2, 0.25) is 0 Å². The van der Waals surface area contributed by atoms with Crippen molar-refractivity contribution in [2.75, 3.05) is 0 Å². The summed E-state index contributed by atoms with van der Waals surface area (Å²) in [5.74, 6) is 0.103. The Morgan fingerprint density at radius 1 is 1.57 bits per heavy atom. The maximum Gasteiger partial charge on any atom is 0.147 e. The molecule has 0 N–H and O–H groups in total. The molecule has 4 heteroatoms. The lowest BCUT2D eigenvalue weighted by Gasteiger charge is -2.11. The summed E-state index contributed by atoms with van der Waals surface area (Å²) < 4.78 is 0. The molecule has 0 saturated carbocycles. The van der Waals surface area contributed by atoms with E-state index in [2.05, 4.69) is 44.5 Å². The first kappa shape index (κ1) is 12.3. The Balaban J connectivity index is 3.16. The van der Waals surface area contributed by atoms with E-state index >= 15 is 0 Å². The molecule has 0 aliphatic carbocycles. The van der Waals surface area contributed by atoms with Crippen molar-refractivity contribution in [3.05, 3.63) is 29.3 Å². The van der Waals surface area contributed by atoms with E-state index in [1.54, 1.807) is 6.92 Å². The fourth-order valence-electron chi connectivity index (χ4n) is 1.16. The van der Waals surface area contributed by atoms with Gasteiger partial charge in [0.1, 0.15) is 5.78 Å². The lowest BCUT2D eigenvalue weighted by Crippen LogP contribution is -2.04. The van der Waals surface area contributed by atoms with Crippen molar-refractivity contribution in [2.24, 2.45) is 0 Å². The first-order valence-corrected chi connectivity index (χ1v) is 6.57. The van der Waals surface area contributed by atoms with E-state index in [1.165, 1.54) is 0 Å². The van der Waals surface area contributed by atoms with Gasteiger partial charge in [-0.15, -0.1) is 12.6 Å². The van der Waals surface area contributed by atoms with Crippen LogP contribution in [0, 0.1) is 0 Å². The zero-order valence-corrected chi connectivity index (χ0v) is 11.7. The van der Waals surface area contributed by atoms with Crippen LogP contribution in [0.5, 0.6) is 0 Å². The second kappa shape index (κ2) is 5.33. The van der Waals surface area contributed by atoms with E-state index in [9.17, 15) is 4.79 Å². The van der Waals surface area contributed by atoms with Crippen LogP contribution in [0.15, 0.2) is 23.1 Å². The molecule has 76 valence electrons. The molecule has 0 fully saturated rings. The largest absolute Gasteiger partial charge is 0.298 e. The molecule has 1 unspecified atom stereocenters. The minimum absolute atomic E-state index is 0.103. The van der Waals surface area contributed by atoms with Crippen LogP contribution >= 0.6 is 44.5 Å². The zero-order valence-electron chi connectivity index (χ0n) is 7.63. The normalized spacial score (nSPS) is 12.6. The van der Waals surface area contributed by atoms with Crippen molar-refractivity contribution in [1.82, 2.24) is 0 Å². The van der Waals surface area contributed by atoms with Gasteiger partial charge in [0.2, 0.25) is 0 Å². The molecule has 0 aliphatic heterocycles. The molecule has 1 rings (SSSR count). The van der Waals surface area contributed by atoms with Gasteiger partial charge in [-0.3, -0.25) is 4.79 Å². The lowest BCUT2D eigenvalue weighted by atomic mass is 10.0. The molecule has 1 aromatic carbocycles. The Labute approximate surface area is 106 Å². The summed E-state index contributed by atoms with van der Waals surface area (Å²) >= 11 is 11.0. The summed E-state index contributed by atoms with van der Waals surface area (Å²) in [7, 11) is 0. The number of benzene rings is 1. The molecule has 0 heterocycles. The fraction of sp³-hybridized carbons (Fsp3) is 0.300. The second-order valence-electron chi connectivity index (χ2n) is 2.99. The molecule has 1 atom stereocenters. The van der Waals surface area contributed by atoms with Crippen LogP contribution in [0.4, 0.5) is 0 Å². The van der Waals surface area contributed by atoms with Crippen LogP contribution in [-0.4, -0.2) is 5.78 Å². The number of rotatable bonds is 3. The Hall–Kier alpha value is 0.200. The fourth-order valence-corrected chi connectivity index (χ4v) is 2.31. The third kappa shape index (κ3) is 2.84. The molecule has 0 aliphatic rings. The Morgan fingerprint density at radius 2 is 2.21 bits per heavy atom. The molecule has 0 spiro atoms. The van der Waals surface area contributed by atoms with Gasteiger partial charge in [-0.1, -0.05) is 37.9 Å². The van der Waals surface area contributed by atoms with Gasteiger partial charge in [-0.05, 0) is 30.2 Å². The third-order valence-electron chi connectivity index (χ3n) is 1.90. The molecule has 0 aromatic heterocycles. The molecule has 14 heavy (non-hydrogen) atoms. The average Bonchev–Trinajstić information content (AvgIpc) is 2.16. The summed E-state index contributed by atoms with van der Waals surface area (Å²) in [6, 6.07) is 5.81. The van der Waals surface area contributed by atoms with Crippen molar-refractivity contribution >= 4 is 50.3 Å². The number of alkyl halides is 2. The smallest absolute Gasteiger partial charge is 0.147 e. The molecule has 0 radical (unpaired) electrons. The van der Waals surface area contributed by atoms with Crippen molar-refractivity contribution < 1.29 is 4.79 Å². The van der Waals surface area contributed by atoms with Gasteiger partial charge in [0.15, 0.2) is 0 Å². The van der Waals surface area contributed by atoms with E-state index in [-0.39, 0.29) is 10.6 Å². The Kier molecular flexibility index (Phi) is 4.67. The topological polar surface area (TPSA) is 17.1 Å². The molecule has 1 nitrogen and oxygen atoms in total. The first-order chi connectivity index (χ1) is 6.56. The lowest BCUT2D eigenvalue weighted by molar-refractivity contribution is -0.116. The summed E-state index contributed by atoms with van der Waals surface area (Å²) in [5.41, 5.74) is 2.10. The van der Waals surface area contributed by atoms with Crippen molar-refractivity contribution in [2.45, 2.75) is 22.0 Å². The Morgan fingerprint density at radius 3 is 2.71 bits per heavy atom. The van der Waals surface area contributed by atoms with Crippen LogP contribution < -0.4 is 0 Å². The second-order valence-corrected chi connectivity index (χ2v) is 4.98. The average molecular weight is 338 g/mol. The molecule has 0 bridgehead atoms. The highest BCUT2D eigenvalue weighted by Gasteiger charge is 2.16. The van der Waals surface area contributed by atoms with E-state index in [0.29, 0.717) is 0 Å². The van der Waals surface area contributed by atoms with E-state index < -0.39 is 0 Å². The summed E-state index contributed by atoms with van der Waals surface area (Å²) in [6.45, 7) is 1.57. The van der Waals surface area contributed by atoms with Gasteiger partial charge < -0.3 is 0 Å². The van der Waals surface area contributed by atoms with Crippen LogP contribution in [0.1, 0.15) is 22.9 Å². The van der Waals surface area contributed by atoms with Crippen LogP contribution in [0.3, 0.4) is 0 Å². The van der Waals surface area contributed by atoms with Crippen LogP contribution in [-0.2, 0) is 10.1 Å². The number of Topliss-reactive ketones (excluding diaryl/α,β-unsaturated/α-hetero) is 1. The molecule has 1 aromatic rings. The van der Waals surface area contributed by atoms with Crippen molar-refractivity contribution in [3.63, 3.8) is 0 Å². The van der Waals surface area contributed by atoms with Crippen LogP contribution in [0.25, 0.3) is 0 Å². The van der Waals surface area contributed by atoms with Gasteiger partial charge in [-0.2, -0.15) is 0 Å². The summed E-state index contributed by atoms with van der Waals surface area (Å²) in [5, 5.41) is 0.742. The highest BCUT2D eigenvalue weighted by Crippen LogP contribution is 2.30. The summed E-state index contributed by atoms with van der Waals surface area (Å²) in [4.78, 5) is 11.9. The van der Waals surface area contributed by atoms with Gasteiger partial charge in [0.05, 0.1) is 4.83 Å². The highest BCUT2D eigenvalue weighted by molar-refractivity contribution is 9.09. The van der Waals surface area contributed by atoms with Crippen molar-refractivity contribution in [3.8, 4) is 0 Å².